The fourth-order valence-electron chi connectivity index (χ4n) is 2.51. The van der Waals surface area contributed by atoms with Crippen LogP contribution in [0.4, 0.5) is 4.79 Å². The van der Waals surface area contributed by atoms with Crippen LogP contribution < -0.4 is 10.6 Å². The highest BCUT2D eigenvalue weighted by Crippen LogP contribution is 2.11. The number of rotatable bonds is 5. The molecule has 0 aromatic heterocycles. The number of nitrogens with zero attached hydrogens (tertiary/aromatic N) is 2. The SMILES string of the molecule is CN=C(NCC(C)CN(C)C(=O)OC(C)(C)C)NC1CCS(=O)(=O)C1. The molecule has 0 aliphatic carbocycles. The van der Waals surface area contributed by atoms with Gasteiger partial charge in [-0.1, -0.05) is 6.92 Å². The first-order valence-electron chi connectivity index (χ1n) is 8.53. The monoisotopic (exact) mass is 376 g/mol. The van der Waals surface area contributed by atoms with E-state index in [1.54, 1.807) is 19.0 Å². The first-order chi connectivity index (χ1) is 11.4. The number of sulfone groups is 1. The van der Waals surface area contributed by atoms with Crippen LogP contribution in [0, 0.1) is 5.92 Å². The zero-order valence-electron chi connectivity index (χ0n) is 16.1. The van der Waals surface area contributed by atoms with Gasteiger partial charge < -0.3 is 20.3 Å². The summed E-state index contributed by atoms with van der Waals surface area (Å²) in [6.45, 7) is 8.66. The first-order valence-corrected chi connectivity index (χ1v) is 10.4. The van der Waals surface area contributed by atoms with Gasteiger partial charge in [0.05, 0.1) is 11.5 Å². The number of amides is 1. The van der Waals surface area contributed by atoms with Gasteiger partial charge in [-0.25, -0.2) is 13.2 Å². The first kappa shape index (κ1) is 21.5. The summed E-state index contributed by atoms with van der Waals surface area (Å²) < 4.78 is 28.4. The maximum Gasteiger partial charge on any atom is 0.410 e. The molecule has 9 heteroatoms. The van der Waals surface area contributed by atoms with Gasteiger partial charge in [-0.2, -0.15) is 0 Å². The Hall–Kier alpha value is -1.51. The second-order valence-electron chi connectivity index (χ2n) is 7.66. The molecule has 1 aliphatic heterocycles. The van der Waals surface area contributed by atoms with Gasteiger partial charge in [0.2, 0.25) is 0 Å². The highest BCUT2D eigenvalue weighted by Gasteiger charge is 2.28. The van der Waals surface area contributed by atoms with E-state index in [1.807, 2.05) is 27.7 Å². The molecule has 0 saturated carbocycles. The molecular weight excluding hydrogens is 344 g/mol. The molecule has 0 aromatic rings. The zero-order valence-corrected chi connectivity index (χ0v) is 16.9. The maximum absolute atomic E-state index is 12.0. The second kappa shape index (κ2) is 8.73. The standard InChI is InChI=1S/C16H32N4O4S/c1-12(10-20(6)15(21)24-16(2,3)4)9-18-14(17-5)19-13-7-8-25(22,23)11-13/h12-13H,7-11H2,1-6H3,(H2,17,18,19). The van der Waals surface area contributed by atoms with Gasteiger partial charge in [0.15, 0.2) is 15.8 Å². The van der Waals surface area contributed by atoms with Crippen LogP contribution in [0.5, 0.6) is 0 Å². The van der Waals surface area contributed by atoms with Crippen LogP contribution in [0.15, 0.2) is 4.99 Å². The number of carbonyl (C=O) groups excluding carboxylic acids is 1. The van der Waals surface area contributed by atoms with Gasteiger partial charge in [0, 0.05) is 33.2 Å². The molecule has 2 N–H and O–H groups in total. The Labute approximate surface area is 151 Å². The van der Waals surface area contributed by atoms with Crippen molar-refractivity contribution >= 4 is 21.9 Å². The lowest BCUT2D eigenvalue weighted by molar-refractivity contribution is 0.0278. The minimum atomic E-state index is -2.92. The molecule has 146 valence electrons. The van der Waals surface area contributed by atoms with Crippen molar-refractivity contribution in [2.24, 2.45) is 10.9 Å². The van der Waals surface area contributed by atoms with Crippen LogP contribution in [0.1, 0.15) is 34.1 Å². The lowest BCUT2D eigenvalue weighted by atomic mass is 10.1. The third kappa shape index (κ3) is 8.42. The highest BCUT2D eigenvalue weighted by atomic mass is 32.2. The molecule has 25 heavy (non-hydrogen) atoms. The van der Waals surface area contributed by atoms with Crippen LogP contribution >= 0.6 is 0 Å². The number of ether oxygens (including phenoxy) is 1. The van der Waals surface area contributed by atoms with Crippen molar-refractivity contribution < 1.29 is 17.9 Å². The van der Waals surface area contributed by atoms with Crippen molar-refractivity contribution in [3.05, 3.63) is 0 Å². The predicted octanol–water partition coefficient (Wildman–Crippen LogP) is 0.842. The predicted molar refractivity (Wildman–Crippen MR) is 99.6 cm³/mol. The molecule has 0 aromatic carbocycles. The number of hydrogen-bond acceptors (Lipinski definition) is 5. The van der Waals surface area contributed by atoms with Crippen molar-refractivity contribution in [2.45, 2.75) is 45.8 Å². The lowest BCUT2D eigenvalue weighted by Gasteiger charge is -2.27. The van der Waals surface area contributed by atoms with Crippen LogP contribution in [0.25, 0.3) is 0 Å². The summed E-state index contributed by atoms with van der Waals surface area (Å²) in [4.78, 5) is 17.7. The van der Waals surface area contributed by atoms with E-state index >= 15 is 0 Å². The minimum Gasteiger partial charge on any atom is -0.444 e. The highest BCUT2D eigenvalue weighted by molar-refractivity contribution is 7.91. The number of carbonyl (C=O) groups is 1. The summed E-state index contributed by atoms with van der Waals surface area (Å²) in [7, 11) is 0.434. The van der Waals surface area contributed by atoms with E-state index in [1.165, 1.54) is 0 Å². The van der Waals surface area contributed by atoms with Crippen LogP contribution in [0.3, 0.4) is 0 Å². The summed E-state index contributed by atoms with van der Waals surface area (Å²) in [5, 5.41) is 6.32. The third-order valence-corrected chi connectivity index (χ3v) is 5.47. The average Bonchev–Trinajstić information content (AvgIpc) is 2.80. The van der Waals surface area contributed by atoms with Crippen molar-refractivity contribution in [2.75, 3.05) is 38.7 Å². The van der Waals surface area contributed by atoms with E-state index in [4.69, 9.17) is 4.74 Å². The number of hydrogen-bond donors (Lipinski definition) is 2. The summed E-state index contributed by atoms with van der Waals surface area (Å²) in [6, 6.07) is -0.101. The molecule has 0 spiro atoms. The Morgan fingerprint density at radius 2 is 2.04 bits per heavy atom. The van der Waals surface area contributed by atoms with Gasteiger partial charge >= 0.3 is 6.09 Å². The Morgan fingerprint density at radius 1 is 1.40 bits per heavy atom. The van der Waals surface area contributed by atoms with Gasteiger partial charge in [-0.3, -0.25) is 4.99 Å². The normalized spacial score (nSPS) is 21.5. The van der Waals surface area contributed by atoms with Gasteiger partial charge in [0.25, 0.3) is 0 Å². The average molecular weight is 377 g/mol. The fourth-order valence-corrected chi connectivity index (χ4v) is 4.19. The Balaban J connectivity index is 2.38. The van der Waals surface area contributed by atoms with E-state index in [9.17, 15) is 13.2 Å². The van der Waals surface area contributed by atoms with E-state index in [2.05, 4.69) is 15.6 Å². The number of aliphatic imine (C=N–C) groups is 1. The fraction of sp³-hybridized carbons (Fsp3) is 0.875. The molecule has 1 fully saturated rings. The lowest BCUT2D eigenvalue weighted by Crippen LogP contribution is -2.46. The largest absolute Gasteiger partial charge is 0.444 e. The summed E-state index contributed by atoms with van der Waals surface area (Å²) in [5.41, 5.74) is -0.513. The van der Waals surface area contributed by atoms with Crippen LogP contribution in [-0.4, -0.2) is 75.7 Å². The Kier molecular flexibility index (Phi) is 7.52. The summed E-state index contributed by atoms with van der Waals surface area (Å²) in [6.07, 6.45) is 0.248. The topological polar surface area (TPSA) is 100 Å². The van der Waals surface area contributed by atoms with E-state index in [0.29, 0.717) is 25.5 Å². The van der Waals surface area contributed by atoms with Crippen molar-refractivity contribution in [1.29, 1.82) is 0 Å². The summed E-state index contributed by atoms with van der Waals surface area (Å²) in [5.74, 6) is 1.11. The molecule has 8 nitrogen and oxygen atoms in total. The van der Waals surface area contributed by atoms with E-state index in [-0.39, 0.29) is 29.6 Å². The molecule has 1 rings (SSSR count). The van der Waals surface area contributed by atoms with Gasteiger partial charge in [0.1, 0.15) is 5.60 Å². The molecule has 1 aliphatic rings. The third-order valence-electron chi connectivity index (χ3n) is 3.71. The Bertz CT molecular complexity index is 583. The molecule has 1 amide bonds. The quantitative estimate of drug-likeness (QED) is 0.545. The number of nitrogens with one attached hydrogen (secondary N) is 2. The van der Waals surface area contributed by atoms with E-state index < -0.39 is 15.4 Å². The second-order valence-corrected chi connectivity index (χ2v) is 9.89. The molecule has 0 bridgehead atoms. The zero-order chi connectivity index (χ0) is 19.3. The molecule has 1 saturated heterocycles. The van der Waals surface area contributed by atoms with Crippen LogP contribution in [-0.2, 0) is 14.6 Å². The smallest absolute Gasteiger partial charge is 0.410 e. The van der Waals surface area contributed by atoms with Crippen LogP contribution in [0.2, 0.25) is 0 Å². The van der Waals surface area contributed by atoms with Gasteiger partial charge in [-0.05, 0) is 33.1 Å². The minimum absolute atomic E-state index is 0.101. The van der Waals surface area contributed by atoms with E-state index in [0.717, 1.165) is 0 Å². The molecule has 2 unspecified atom stereocenters. The molecule has 0 radical (unpaired) electrons. The Morgan fingerprint density at radius 3 is 2.52 bits per heavy atom. The molecular formula is C16H32N4O4S. The van der Waals surface area contributed by atoms with Crippen molar-refractivity contribution in [1.82, 2.24) is 15.5 Å². The van der Waals surface area contributed by atoms with Crippen molar-refractivity contribution in [3.63, 3.8) is 0 Å². The number of guanidine groups is 1. The summed E-state index contributed by atoms with van der Waals surface area (Å²) >= 11 is 0. The maximum atomic E-state index is 12.0. The van der Waals surface area contributed by atoms with Gasteiger partial charge in [-0.15, -0.1) is 0 Å². The molecule has 2 atom stereocenters. The van der Waals surface area contributed by atoms with Crippen molar-refractivity contribution in [3.8, 4) is 0 Å². The molecule has 1 heterocycles.